The summed E-state index contributed by atoms with van der Waals surface area (Å²) in [6.07, 6.45) is 3.14. The van der Waals surface area contributed by atoms with Crippen molar-refractivity contribution in [3.8, 4) is 0 Å². The maximum absolute atomic E-state index is 11.0. The molecule has 2 nitrogen and oxygen atoms in total. The predicted octanol–water partition coefficient (Wildman–Crippen LogP) is 1.74. The lowest BCUT2D eigenvalue weighted by atomic mass is 10.0. The molecule has 0 amide bonds. The number of hydrogen-bond acceptors (Lipinski definition) is 2. The van der Waals surface area contributed by atoms with Crippen LogP contribution in [0.25, 0.3) is 0 Å². The quantitative estimate of drug-likeness (QED) is 0.549. The van der Waals surface area contributed by atoms with Gasteiger partial charge in [0.1, 0.15) is 0 Å². The van der Waals surface area contributed by atoms with E-state index in [9.17, 15) is 4.79 Å². The van der Waals surface area contributed by atoms with Gasteiger partial charge in [0.15, 0.2) is 0 Å². The highest BCUT2D eigenvalue weighted by Crippen LogP contribution is 2.24. The minimum atomic E-state index is 0.00866. The van der Waals surface area contributed by atoms with E-state index in [-0.39, 0.29) is 18.0 Å². The first-order valence-corrected chi connectivity index (χ1v) is 3.94. The van der Waals surface area contributed by atoms with Crippen LogP contribution >= 0.6 is 0 Å². The van der Waals surface area contributed by atoms with E-state index in [1.807, 2.05) is 6.92 Å². The Morgan fingerprint density at radius 3 is 2.80 bits per heavy atom. The lowest BCUT2D eigenvalue weighted by Crippen LogP contribution is -2.06. The molecule has 2 heteroatoms. The van der Waals surface area contributed by atoms with Crippen LogP contribution in [-0.4, -0.2) is 12.1 Å². The van der Waals surface area contributed by atoms with E-state index in [2.05, 4.69) is 6.92 Å². The number of carbonyl (C=O) groups is 1. The largest absolute Gasteiger partial charge is 0.462 e. The van der Waals surface area contributed by atoms with Crippen LogP contribution in [0.1, 0.15) is 33.1 Å². The molecule has 58 valence electrons. The van der Waals surface area contributed by atoms with Crippen LogP contribution in [0.3, 0.4) is 0 Å². The minimum absolute atomic E-state index is 0.00866. The maximum atomic E-state index is 11.0. The van der Waals surface area contributed by atoms with Gasteiger partial charge in [-0.3, -0.25) is 4.79 Å². The molecule has 1 aliphatic rings. The van der Waals surface area contributed by atoms with Crippen LogP contribution in [0.15, 0.2) is 0 Å². The fraction of sp³-hybridized carbons (Fsp3) is 0.875. The van der Waals surface area contributed by atoms with Gasteiger partial charge in [-0.05, 0) is 19.8 Å². The Morgan fingerprint density at radius 2 is 2.40 bits per heavy atom. The van der Waals surface area contributed by atoms with Gasteiger partial charge in [0.05, 0.1) is 12.0 Å². The first kappa shape index (κ1) is 7.58. The van der Waals surface area contributed by atoms with Crippen molar-refractivity contribution in [2.24, 2.45) is 5.92 Å². The molecule has 0 aromatic rings. The molecule has 10 heavy (non-hydrogen) atoms. The van der Waals surface area contributed by atoms with Crippen molar-refractivity contribution in [3.05, 3.63) is 0 Å². The summed E-state index contributed by atoms with van der Waals surface area (Å²) in [5, 5.41) is 0. The molecule has 1 saturated heterocycles. The molecule has 0 aromatic carbocycles. The van der Waals surface area contributed by atoms with Gasteiger partial charge in [0, 0.05) is 0 Å². The molecular weight excluding hydrogens is 128 g/mol. The fourth-order valence-electron chi connectivity index (χ4n) is 1.42. The summed E-state index contributed by atoms with van der Waals surface area (Å²) in [6.45, 7) is 4.05. The molecule has 0 unspecified atom stereocenters. The lowest BCUT2D eigenvalue weighted by Gasteiger charge is -1.99. The second-order valence-electron chi connectivity index (χ2n) is 2.97. The molecule has 0 radical (unpaired) electrons. The van der Waals surface area contributed by atoms with Gasteiger partial charge >= 0.3 is 5.97 Å². The standard InChI is InChI=1S/C8H14O2/c1-3-4-7-5-6(2)10-8(7)9/h6-7H,3-5H2,1-2H3/t6-,7-/m1/s1. The topological polar surface area (TPSA) is 26.3 Å². The van der Waals surface area contributed by atoms with Gasteiger partial charge in [-0.15, -0.1) is 0 Å². The molecule has 1 rings (SSSR count). The van der Waals surface area contributed by atoms with Crippen molar-refractivity contribution in [1.82, 2.24) is 0 Å². The van der Waals surface area contributed by atoms with Crippen LogP contribution in [0, 0.1) is 5.92 Å². The fourth-order valence-corrected chi connectivity index (χ4v) is 1.42. The highest BCUT2D eigenvalue weighted by molar-refractivity contribution is 5.74. The van der Waals surface area contributed by atoms with E-state index in [0.717, 1.165) is 19.3 Å². The molecule has 0 aliphatic carbocycles. The summed E-state index contributed by atoms with van der Waals surface area (Å²) < 4.78 is 4.99. The van der Waals surface area contributed by atoms with Gasteiger partial charge in [-0.1, -0.05) is 13.3 Å². The van der Waals surface area contributed by atoms with Crippen molar-refractivity contribution in [2.75, 3.05) is 0 Å². The summed E-state index contributed by atoms with van der Waals surface area (Å²) in [5.41, 5.74) is 0. The Kier molecular flexibility index (Phi) is 2.30. The van der Waals surface area contributed by atoms with Gasteiger partial charge in [-0.2, -0.15) is 0 Å². The van der Waals surface area contributed by atoms with E-state index in [0.29, 0.717) is 0 Å². The number of hydrogen-bond donors (Lipinski definition) is 0. The van der Waals surface area contributed by atoms with Crippen molar-refractivity contribution in [1.29, 1.82) is 0 Å². The van der Waals surface area contributed by atoms with Crippen molar-refractivity contribution in [3.63, 3.8) is 0 Å². The second kappa shape index (κ2) is 3.04. The zero-order valence-corrected chi connectivity index (χ0v) is 6.59. The van der Waals surface area contributed by atoms with Gasteiger partial charge in [-0.25, -0.2) is 0 Å². The molecule has 0 N–H and O–H groups in total. The van der Waals surface area contributed by atoms with E-state index in [4.69, 9.17) is 4.74 Å². The average Bonchev–Trinajstić information content (AvgIpc) is 2.13. The van der Waals surface area contributed by atoms with Crippen molar-refractivity contribution in [2.45, 2.75) is 39.2 Å². The Balaban J connectivity index is 2.39. The number of rotatable bonds is 2. The Labute approximate surface area is 61.6 Å². The highest BCUT2D eigenvalue weighted by Gasteiger charge is 2.30. The third-order valence-electron chi connectivity index (χ3n) is 1.90. The van der Waals surface area contributed by atoms with Gasteiger partial charge in [0.2, 0.25) is 0 Å². The predicted molar refractivity (Wildman–Crippen MR) is 38.6 cm³/mol. The van der Waals surface area contributed by atoms with Crippen LogP contribution in [0.4, 0.5) is 0 Å². The molecule has 2 atom stereocenters. The van der Waals surface area contributed by atoms with E-state index in [1.165, 1.54) is 0 Å². The molecule has 0 bridgehead atoms. The lowest BCUT2D eigenvalue weighted by molar-refractivity contribution is -0.143. The van der Waals surface area contributed by atoms with Crippen molar-refractivity contribution < 1.29 is 9.53 Å². The molecule has 1 aliphatic heterocycles. The first-order chi connectivity index (χ1) is 4.74. The van der Waals surface area contributed by atoms with Gasteiger partial charge in [0.25, 0.3) is 0 Å². The van der Waals surface area contributed by atoms with Crippen LogP contribution < -0.4 is 0 Å². The summed E-state index contributed by atoms with van der Waals surface area (Å²) >= 11 is 0. The van der Waals surface area contributed by atoms with Crippen LogP contribution in [0.5, 0.6) is 0 Å². The number of carbonyl (C=O) groups excluding carboxylic acids is 1. The molecular formula is C8H14O2. The van der Waals surface area contributed by atoms with Crippen LogP contribution in [-0.2, 0) is 9.53 Å². The molecule has 1 heterocycles. The van der Waals surface area contributed by atoms with Crippen LogP contribution in [0.2, 0.25) is 0 Å². The summed E-state index contributed by atoms with van der Waals surface area (Å²) in [4.78, 5) is 11.0. The third kappa shape index (κ3) is 1.49. The first-order valence-electron chi connectivity index (χ1n) is 3.94. The monoisotopic (exact) mass is 142 g/mol. The highest BCUT2D eigenvalue weighted by atomic mass is 16.5. The Bertz CT molecular complexity index is 131. The molecule has 0 aromatic heterocycles. The van der Waals surface area contributed by atoms with Crippen molar-refractivity contribution >= 4 is 5.97 Å². The Morgan fingerprint density at radius 1 is 1.70 bits per heavy atom. The molecule has 0 spiro atoms. The summed E-state index contributed by atoms with van der Waals surface area (Å²) in [6, 6.07) is 0. The zero-order valence-electron chi connectivity index (χ0n) is 6.59. The summed E-state index contributed by atoms with van der Waals surface area (Å²) in [5.74, 6) is 0.203. The van der Waals surface area contributed by atoms with E-state index in [1.54, 1.807) is 0 Å². The molecule has 1 fully saturated rings. The third-order valence-corrected chi connectivity index (χ3v) is 1.90. The summed E-state index contributed by atoms with van der Waals surface area (Å²) in [7, 11) is 0. The average molecular weight is 142 g/mol. The zero-order chi connectivity index (χ0) is 7.56. The Hall–Kier alpha value is -0.530. The van der Waals surface area contributed by atoms with E-state index < -0.39 is 0 Å². The smallest absolute Gasteiger partial charge is 0.309 e. The normalized spacial score (nSPS) is 32.4. The minimum Gasteiger partial charge on any atom is -0.462 e. The molecule has 0 saturated carbocycles. The maximum Gasteiger partial charge on any atom is 0.309 e. The number of cyclic esters (lactones) is 1. The second-order valence-corrected chi connectivity index (χ2v) is 2.97. The van der Waals surface area contributed by atoms with E-state index >= 15 is 0 Å². The van der Waals surface area contributed by atoms with Gasteiger partial charge < -0.3 is 4.74 Å². The number of ether oxygens (including phenoxy) is 1. The SMILES string of the molecule is CCC[C@@H]1C[C@@H](C)OC1=O. The number of esters is 1.